The number of hydrogen-bond donors (Lipinski definition) is 0. The number of Topliss-reactive ketones (excluding diaryl/α,β-unsaturated/α-hetero) is 1. The third-order valence-electron chi connectivity index (χ3n) is 4.23. The van der Waals surface area contributed by atoms with E-state index in [1.165, 1.54) is 77.0 Å². The normalized spacial score (nSPS) is 9.82. The molecule has 1 atom stereocenters. The predicted molar refractivity (Wildman–Crippen MR) is 136 cm³/mol. The summed E-state index contributed by atoms with van der Waals surface area (Å²) in [5.74, 6) is 1.03. The Bertz CT molecular complexity index is 206. The number of carbonyl (C=O) groups excluding carboxylic acids is 1. The van der Waals surface area contributed by atoms with Gasteiger partial charge in [-0.2, -0.15) is 0 Å². The summed E-state index contributed by atoms with van der Waals surface area (Å²) in [4.78, 5) is 11.2. The lowest BCUT2D eigenvalue weighted by atomic mass is 9.96. The van der Waals surface area contributed by atoms with Gasteiger partial charge in [0.25, 0.3) is 0 Å². The summed E-state index contributed by atoms with van der Waals surface area (Å²) in [6, 6.07) is 0. The van der Waals surface area contributed by atoms with Crippen molar-refractivity contribution in [2.24, 2.45) is 5.92 Å². The summed E-state index contributed by atoms with van der Waals surface area (Å²) in [6.07, 6.45) is 17.9. The van der Waals surface area contributed by atoms with Crippen LogP contribution in [0.4, 0.5) is 0 Å². The molecular weight excluding hydrogens is 340 g/mol. The molecule has 176 valence electrons. The molecule has 0 rings (SSSR count). The Labute approximate surface area is 182 Å². The van der Waals surface area contributed by atoms with Crippen LogP contribution in [0.2, 0.25) is 0 Å². The zero-order chi connectivity index (χ0) is 23.1. The fourth-order valence-corrected chi connectivity index (χ4v) is 2.58. The molecule has 0 aromatic heterocycles. The maximum Gasteiger partial charge on any atom is 0.132 e. The quantitative estimate of drug-likeness (QED) is 0.264. The van der Waals surface area contributed by atoms with Gasteiger partial charge in [0.2, 0.25) is 0 Å². The molecule has 1 unspecified atom stereocenters. The van der Waals surface area contributed by atoms with Gasteiger partial charge < -0.3 is 0 Å². The Morgan fingerprint density at radius 1 is 0.571 bits per heavy atom. The number of ketones is 1. The Morgan fingerprint density at radius 2 is 0.893 bits per heavy atom. The van der Waals surface area contributed by atoms with Gasteiger partial charge in [0.15, 0.2) is 0 Å². The van der Waals surface area contributed by atoms with Crippen LogP contribution in [0, 0.1) is 5.92 Å². The molecule has 0 heterocycles. The summed E-state index contributed by atoms with van der Waals surface area (Å²) in [7, 11) is 0. The van der Waals surface area contributed by atoms with E-state index >= 15 is 0 Å². The monoisotopic (exact) mass is 402 g/mol. The molecule has 0 aromatic rings. The molecule has 0 aliphatic carbocycles. The van der Waals surface area contributed by atoms with Gasteiger partial charge in [0.05, 0.1) is 0 Å². The largest absolute Gasteiger partial charge is 0.300 e. The van der Waals surface area contributed by atoms with Crippen molar-refractivity contribution in [2.75, 3.05) is 0 Å². The molecule has 0 spiro atoms. The third kappa shape index (κ3) is 50.0. The third-order valence-corrected chi connectivity index (χ3v) is 4.23. The van der Waals surface area contributed by atoms with Crippen molar-refractivity contribution in [3.8, 4) is 0 Å². The molecule has 0 N–H and O–H groups in total. The molecule has 0 radical (unpaired) electrons. The SMILES string of the molecule is CC.CC.CC.CCCCCCC.CCCCCCCCC(C)CC(=O)CC. The molecule has 0 aliphatic heterocycles. The summed E-state index contributed by atoms with van der Waals surface area (Å²) >= 11 is 0. The molecule has 0 aliphatic rings. The van der Waals surface area contributed by atoms with E-state index in [0.717, 1.165) is 6.42 Å². The van der Waals surface area contributed by atoms with Crippen LogP contribution in [0.3, 0.4) is 0 Å². The highest BCUT2D eigenvalue weighted by Crippen LogP contribution is 2.15. The predicted octanol–water partition coefficient (Wildman–Crippen LogP) is 10.8. The van der Waals surface area contributed by atoms with Crippen LogP contribution < -0.4 is 0 Å². The van der Waals surface area contributed by atoms with Gasteiger partial charge >= 0.3 is 0 Å². The van der Waals surface area contributed by atoms with Crippen LogP contribution in [0.15, 0.2) is 0 Å². The minimum absolute atomic E-state index is 0.425. The van der Waals surface area contributed by atoms with E-state index < -0.39 is 0 Å². The molecule has 0 bridgehead atoms. The standard InChI is InChI=1S/C14H28O.C7H16.3C2H6/c1-4-6-7-8-9-10-11-13(3)12-14(15)5-2;1-3-5-7-6-4-2;3*1-2/h13H,4-12H2,1-3H3;3-7H2,1-2H3;3*1-2H3. The van der Waals surface area contributed by atoms with Crippen LogP contribution >= 0.6 is 0 Å². The van der Waals surface area contributed by atoms with E-state index in [2.05, 4.69) is 27.7 Å². The first-order valence-electron chi connectivity index (χ1n) is 13.1. The second-order valence-corrected chi connectivity index (χ2v) is 6.82. The Kier molecular flexibility index (Phi) is 62.1. The number of rotatable bonds is 14. The first-order chi connectivity index (χ1) is 13.6. The molecule has 28 heavy (non-hydrogen) atoms. The Balaban J connectivity index is -0.000000113. The lowest BCUT2D eigenvalue weighted by molar-refractivity contribution is -0.119. The van der Waals surface area contributed by atoms with Crippen molar-refractivity contribution in [1.82, 2.24) is 0 Å². The van der Waals surface area contributed by atoms with Gasteiger partial charge in [0, 0.05) is 12.8 Å². The van der Waals surface area contributed by atoms with Gasteiger partial charge in [-0.3, -0.25) is 4.79 Å². The highest BCUT2D eigenvalue weighted by Gasteiger charge is 2.06. The number of unbranched alkanes of at least 4 members (excludes halogenated alkanes) is 9. The van der Waals surface area contributed by atoms with Crippen molar-refractivity contribution in [1.29, 1.82) is 0 Å². The van der Waals surface area contributed by atoms with Crippen molar-refractivity contribution >= 4 is 5.78 Å². The van der Waals surface area contributed by atoms with E-state index in [9.17, 15) is 4.79 Å². The highest BCUT2D eigenvalue weighted by molar-refractivity contribution is 5.78. The van der Waals surface area contributed by atoms with Gasteiger partial charge in [0.1, 0.15) is 5.78 Å². The van der Waals surface area contributed by atoms with Gasteiger partial charge in [-0.15, -0.1) is 0 Å². The molecule has 0 saturated heterocycles. The fraction of sp³-hybridized carbons (Fsp3) is 0.963. The van der Waals surface area contributed by atoms with Crippen molar-refractivity contribution < 1.29 is 4.79 Å². The number of carbonyl (C=O) groups is 1. The van der Waals surface area contributed by atoms with Crippen molar-refractivity contribution in [2.45, 2.75) is 166 Å². The molecule has 0 amide bonds. The first-order valence-corrected chi connectivity index (χ1v) is 13.1. The van der Waals surface area contributed by atoms with Crippen LogP contribution in [0.25, 0.3) is 0 Å². The van der Waals surface area contributed by atoms with Crippen molar-refractivity contribution in [3.05, 3.63) is 0 Å². The van der Waals surface area contributed by atoms with Gasteiger partial charge in [-0.05, 0) is 5.92 Å². The zero-order valence-electron chi connectivity index (χ0n) is 22.4. The van der Waals surface area contributed by atoms with E-state index in [1.807, 2.05) is 48.5 Å². The average molecular weight is 403 g/mol. The van der Waals surface area contributed by atoms with E-state index in [1.54, 1.807) is 0 Å². The fourth-order valence-electron chi connectivity index (χ4n) is 2.58. The minimum Gasteiger partial charge on any atom is -0.300 e. The number of hydrogen-bond acceptors (Lipinski definition) is 1. The van der Waals surface area contributed by atoms with Crippen LogP contribution in [-0.2, 0) is 4.79 Å². The lowest BCUT2D eigenvalue weighted by Gasteiger charge is -2.09. The summed E-state index contributed by atoms with van der Waals surface area (Å²) < 4.78 is 0. The van der Waals surface area contributed by atoms with Gasteiger partial charge in [-0.25, -0.2) is 0 Å². The van der Waals surface area contributed by atoms with E-state index in [0.29, 0.717) is 18.1 Å². The highest BCUT2D eigenvalue weighted by atomic mass is 16.1. The van der Waals surface area contributed by atoms with Crippen molar-refractivity contribution in [3.63, 3.8) is 0 Å². The second kappa shape index (κ2) is 45.4. The lowest BCUT2D eigenvalue weighted by Crippen LogP contribution is -2.04. The first kappa shape index (κ1) is 38.3. The summed E-state index contributed by atoms with van der Waals surface area (Å²) in [6.45, 7) is 22.9. The Hall–Kier alpha value is -0.330. The molecule has 0 aromatic carbocycles. The summed E-state index contributed by atoms with van der Waals surface area (Å²) in [5.41, 5.74) is 0. The maximum atomic E-state index is 11.2. The molecule has 0 fully saturated rings. The maximum absolute atomic E-state index is 11.2. The van der Waals surface area contributed by atoms with Crippen LogP contribution in [0.5, 0.6) is 0 Å². The summed E-state index contributed by atoms with van der Waals surface area (Å²) in [5, 5.41) is 0. The Morgan fingerprint density at radius 3 is 1.25 bits per heavy atom. The van der Waals surface area contributed by atoms with Crippen LogP contribution in [-0.4, -0.2) is 5.78 Å². The molecular formula is C27H62O. The average Bonchev–Trinajstić information content (AvgIpc) is 2.75. The topological polar surface area (TPSA) is 17.1 Å². The van der Waals surface area contributed by atoms with E-state index in [-0.39, 0.29) is 0 Å². The van der Waals surface area contributed by atoms with E-state index in [4.69, 9.17) is 0 Å². The van der Waals surface area contributed by atoms with Gasteiger partial charge in [-0.1, -0.05) is 153 Å². The molecule has 1 nitrogen and oxygen atoms in total. The minimum atomic E-state index is 0.425. The van der Waals surface area contributed by atoms with Crippen LogP contribution in [0.1, 0.15) is 166 Å². The molecule has 0 saturated carbocycles. The molecule has 1 heteroatoms. The smallest absolute Gasteiger partial charge is 0.132 e. The second-order valence-electron chi connectivity index (χ2n) is 6.82. The zero-order valence-corrected chi connectivity index (χ0v) is 22.4.